The van der Waals surface area contributed by atoms with Crippen molar-refractivity contribution in [3.05, 3.63) is 18.2 Å². The molecule has 0 saturated carbocycles. The molecule has 0 radical (unpaired) electrons. The maximum Gasteiger partial charge on any atom is 0.128 e. The van der Waals surface area contributed by atoms with E-state index in [1.165, 1.54) is 0 Å². The summed E-state index contributed by atoms with van der Waals surface area (Å²) in [4.78, 5) is 16.8. The van der Waals surface area contributed by atoms with E-state index in [2.05, 4.69) is 9.97 Å². The van der Waals surface area contributed by atoms with Gasteiger partial charge in [0.2, 0.25) is 0 Å². The molecule has 3 nitrogen and oxygen atoms in total. The van der Waals surface area contributed by atoms with Gasteiger partial charge in [-0.15, -0.1) is 0 Å². The smallest absolute Gasteiger partial charge is 0.128 e. The van der Waals surface area contributed by atoms with Gasteiger partial charge in [0.05, 0.1) is 17.9 Å². The van der Waals surface area contributed by atoms with Crippen LogP contribution in [0.15, 0.2) is 12.5 Å². The van der Waals surface area contributed by atoms with Gasteiger partial charge in [-0.25, -0.2) is 4.98 Å². The molecule has 0 spiro atoms. The van der Waals surface area contributed by atoms with Crippen molar-refractivity contribution in [1.82, 2.24) is 9.97 Å². The summed E-state index contributed by atoms with van der Waals surface area (Å²) >= 11 is 0. The van der Waals surface area contributed by atoms with E-state index in [9.17, 15) is 4.79 Å². The van der Waals surface area contributed by atoms with Gasteiger partial charge in [0.15, 0.2) is 0 Å². The summed E-state index contributed by atoms with van der Waals surface area (Å²) in [5.74, 6) is -0.0868. The third-order valence-corrected chi connectivity index (χ3v) is 1.19. The molecule has 0 aliphatic rings. The number of aromatic nitrogens is 2. The number of hydrogen-bond acceptors (Lipinski definition) is 2. The summed E-state index contributed by atoms with van der Waals surface area (Å²) in [5.41, 5.74) is 0.796. The van der Waals surface area contributed by atoms with Gasteiger partial charge < -0.3 is 9.78 Å². The van der Waals surface area contributed by atoms with Gasteiger partial charge in [0.1, 0.15) is 6.29 Å². The van der Waals surface area contributed by atoms with Crippen molar-refractivity contribution in [3.8, 4) is 0 Å². The molecule has 1 N–H and O–H groups in total. The lowest BCUT2D eigenvalue weighted by molar-refractivity contribution is -0.108. The highest BCUT2D eigenvalue weighted by Crippen LogP contribution is 2.05. The quantitative estimate of drug-likeness (QED) is 0.590. The van der Waals surface area contributed by atoms with E-state index in [0.29, 0.717) is 0 Å². The van der Waals surface area contributed by atoms with Gasteiger partial charge in [-0.1, -0.05) is 6.92 Å². The van der Waals surface area contributed by atoms with Crippen molar-refractivity contribution in [2.75, 3.05) is 0 Å². The highest BCUT2D eigenvalue weighted by molar-refractivity contribution is 5.59. The summed E-state index contributed by atoms with van der Waals surface area (Å²) in [6.45, 7) is 1.81. The lowest BCUT2D eigenvalue weighted by Crippen LogP contribution is -1.92. The molecule has 1 aromatic rings. The number of rotatable bonds is 2. The zero-order valence-electron chi connectivity index (χ0n) is 5.16. The van der Waals surface area contributed by atoms with Gasteiger partial charge >= 0.3 is 0 Å². The molecule has 1 rings (SSSR count). The monoisotopic (exact) mass is 124 g/mol. The van der Waals surface area contributed by atoms with Gasteiger partial charge in [-0.2, -0.15) is 0 Å². The highest BCUT2D eigenvalue weighted by atomic mass is 16.1. The molecule has 0 aromatic carbocycles. The Kier molecular flexibility index (Phi) is 1.63. The molecule has 1 heterocycles. The normalized spacial score (nSPS) is 13.0. The fourth-order valence-corrected chi connectivity index (χ4v) is 0.590. The van der Waals surface area contributed by atoms with Crippen molar-refractivity contribution in [2.24, 2.45) is 0 Å². The topological polar surface area (TPSA) is 45.8 Å². The second-order valence-corrected chi connectivity index (χ2v) is 1.92. The number of imidazole rings is 1. The number of H-pyrrole nitrogens is 1. The third-order valence-electron chi connectivity index (χ3n) is 1.19. The van der Waals surface area contributed by atoms with Crippen LogP contribution in [0.1, 0.15) is 18.5 Å². The van der Waals surface area contributed by atoms with E-state index in [1.807, 2.05) is 6.92 Å². The molecular weight excluding hydrogens is 116 g/mol. The van der Waals surface area contributed by atoms with Crippen LogP contribution in [-0.2, 0) is 4.79 Å². The molecular formula is C6H8N2O. The van der Waals surface area contributed by atoms with Crippen molar-refractivity contribution in [2.45, 2.75) is 12.8 Å². The molecule has 1 unspecified atom stereocenters. The number of carbonyl (C=O) groups excluding carboxylic acids is 1. The summed E-state index contributed by atoms with van der Waals surface area (Å²) in [5, 5.41) is 0. The number of aldehydes is 1. The van der Waals surface area contributed by atoms with E-state index < -0.39 is 0 Å². The van der Waals surface area contributed by atoms with Crippen molar-refractivity contribution >= 4 is 6.29 Å². The number of carbonyl (C=O) groups is 1. The largest absolute Gasteiger partial charge is 0.351 e. The van der Waals surface area contributed by atoms with Crippen LogP contribution in [0.25, 0.3) is 0 Å². The van der Waals surface area contributed by atoms with Crippen molar-refractivity contribution in [3.63, 3.8) is 0 Å². The summed E-state index contributed by atoms with van der Waals surface area (Å²) in [7, 11) is 0. The minimum absolute atomic E-state index is 0.0868. The number of hydrogen-bond donors (Lipinski definition) is 1. The fraction of sp³-hybridized carbons (Fsp3) is 0.333. The second kappa shape index (κ2) is 2.44. The average Bonchev–Trinajstić information content (AvgIpc) is 2.37. The Morgan fingerprint density at radius 3 is 3.11 bits per heavy atom. The van der Waals surface area contributed by atoms with E-state index in [0.717, 1.165) is 12.0 Å². The molecule has 0 saturated heterocycles. The van der Waals surface area contributed by atoms with Crippen LogP contribution in [0, 0.1) is 0 Å². The fourth-order valence-electron chi connectivity index (χ4n) is 0.590. The third kappa shape index (κ3) is 1.16. The van der Waals surface area contributed by atoms with E-state index in [4.69, 9.17) is 0 Å². The summed E-state index contributed by atoms with van der Waals surface area (Å²) in [6, 6.07) is 0. The van der Waals surface area contributed by atoms with Crippen LogP contribution in [-0.4, -0.2) is 16.3 Å². The first-order chi connectivity index (χ1) is 4.34. The van der Waals surface area contributed by atoms with Crippen LogP contribution < -0.4 is 0 Å². The number of nitrogens with one attached hydrogen (secondary N) is 1. The average molecular weight is 124 g/mol. The molecule has 0 amide bonds. The summed E-state index contributed by atoms with van der Waals surface area (Å²) < 4.78 is 0. The Labute approximate surface area is 53.1 Å². The number of nitrogens with zero attached hydrogens (tertiary/aromatic N) is 1. The van der Waals surface area contributed by atoms with Gasteiger partial charge in [0, 0.05) is 6.20 Å². The molecule has 48 valence electrons. The Hall–Kier alpha value is -1.12. The first-order valence-corrected chi connectivity index (χ1v) is 2.78. The summed E-state index contributed by atoms with van der Waals surface area (Å²) in [6.07, 6.45) is 4.16. The van der Waals surface area contributed by atoms with Crippen LogP contribution in [0.3, 0.4) is 0 Å². The zero-order chi connectivity index (χ0) is 6.69. The Morgan fingerprint density at radius 2 is 2.67 bits per heavy atom. The first kappa shape index (κ1) is 6.01. The highest BCUT2D eigenvalue weighted by Gasteiger charge is 2.02. The van der Waals surface area contributed by atoms with E-state index in [1.54, 1.807) is 12.5 Å². The Bertz CT molecular complexity index is 181. The standard InChI is InChI=1S/C6H8N2O/c1-5(3-9)6-2-7-4-8-6/h2-5H,1H3,(H,7,8). The lowest BCUT2D eigenvalue weighted by Gasteiger charge is -1.93. The molecule has 0 aliphatic heterocycles. The Balaban J connectivity index is 2.76. The molecule has 0 aliphatic carbocycles. The maximum atomic E-state index is 10.1. The Morgan fingerprint density at radius 1 is 1.89 bits per heavy atom. The van der Waals surface area contributed by atoms with Crippen LogP contribution in [0.2, 0.25) is 0 Å². The molecule has 1 aromatic heterocycles. The molecule has 0 bridgehead atoms. The van der Waals surface area contributed by atoms with Crippen LogP contribution in [0.4, 0.5) is 0 Å². The number of aromatic amines is 1. The van der Waals surface area contributed by atoms with Gasteiger partial charge in [0.25, 0.3) is 0 Å². The second-order valence-electron chi connectivity index (χ2n) is 1.92. The minimum atomic E-state index is -0.0868. The van der Waals surface area contributed by atoms with Crippen LogP contribution >= 0.6 is 0 Å². The molecule has 1 atom stereocenters. The lowest BCUT2D eigenvalue weighted by atomic mass is 10.1. The predicted molar refractivity (Wildman–Crippen MR) is 33.1 cm³/mol. The predicted octanol–water partition coefficient (Wildman–Crippen LogP) is 0.712. The minimum Gasteiger partial charge on any atom is -0.351 e. The zero-order valence-corrected chi connectivity index (χ0v) is 5.16. The maximum absolute atomic E-state index is 10.1. The molecule has 0 fully saturated rings. The first-order valence-electron chi connectivity index (χ1n) is 2.78. The van der Waals surface area contributed by atoms with Gasteiger partial charge in [-0.3, -0.25) is 0 Å². The van der Waals surface area contributed by atoms with E-state index >= 15 is 0 Å². The van der Waals surface area contributed by atoms with Gasteiger partial charge in [-0.05, 0) is 0 Å². The van der Waals surface area contributed by atoms with Crippen molar-refractivity contribution < 1.29 is 4.79 Å². The molecule has 3 heteroatoms. The molecule has 9 heavy (non-hydrogen) atoms. The van der Waals surface area contributed by atoms with Crippen LogP contribution in [0.5, 0.6) is 0 Å². The van der Waals surface area contributed by atoms with Crippen molar-refractivity contribution in [1.29, 1.82) is 0 Å². The SMILES string of the molecule is CC(C=O)c1c[nH]cn1. The van der Waals surface area contributed by atoms with E-state index in [-0.39, 0.29) is 5.92 Å².